The van der Waals surface area contributed by atoms with E-state index < -0.39 is 10.8 Å². The van der Waals surface area contributed by atoms with E-state index in [9.17, 15) is 14.9 Å². The quantitative estimate of drug-likeness (QED) is 0.632. The van der Waals surface area contributed by atoms with Gasteiger partial charge in [-0.2, -0.15) is 5.21 Å². The lowest BCUT2D eigenvalue weighted by Gasteiger charge is -2.03. The van der Waals surface area contributed by atoms with E-state index in [1.807, 2.05) is 0 Å². The number of rotatable bonds is 4. The molecule has 10 heteroatoms. The molecule has 0 spiro atoms. The van der Waals surface area contributed by atoms with Crippen LogP contribution in [0.5, 0.6) is 0 Å². The number of aromatic amines is 1. The summed E-state index contributed by atoms with van der Waals surface area (Å²) >= 11 is 3.04. The second-order valence-corrected chi connectivity index (χ2v) is 4.29. The minimum atomic E-state index is -0.569. The van der Waals surface area contributed by atoms with Crippen molar-refractivity contribution < 1.29 is 9.72 Å². The normalized spacial score (nSPS) is 10.2. The molecule has 1 amide bonds. The first-order valence-electron chi connectivity index (χ1n) is 5.02. The topological polar surface area (TPSA) is 127 Å². The summed E-state index contributed by atoms with van der Waals surface area (Å²) in [4.78, 5) is 22.0. The van der Waals surface area contributed by atoms with Gasteiger partial charge in [-0.15, -0.1) is 10.2 Å². The number of tetrazole rings is 1. The van der Waals surface area contributed by atoms with Gasteiger partial charge in [0.25, 0.3) is 11.6 Å². The second kappa shape index (κ2) is 5.52. The first kappa shape index (κ1) is 13.1. The Bertz CT molecular complexity index is 614. The summed E-state index contributed by atoms with van der Waals surface area (Å²) in [5, 5.41) is 26.2. The van der Waals surface area contributed by atoms with Crippen LogP contribution in [0.15, 0.2) is 22.7 Å². The second-order valence-electron chi connectivity index (χ2n) is 3.43. The van der Waals surface area contributed by atoms with Crippen LogP contribution in [0.3, 0.4) is 0 Å². The molecule has 0 unspecified atom stereocenters. The summed E-state index contributed by atoms with van der Waals surface area (Å²) in [5.41, 5.74) is 0.00519. The zero-order valence-corrected chi connectivity index (χ0v) is 10.9. The fourth-order valence-electron chi connectivity index (χ4n) is 1.31. The number of H-pyrrole nitrogens is 1. The molecule has 0 saturated heterocycles. The van der Waals surface area contributed by atoms with Crippen molar-refractivity contribution in [3.05, 3.63) is 44.2 Å². The third kappa shape index (κ3) is 3.10. The molecule has 0 radical (unpaired) electrons. The lowest BCUT2D eigenvalue weighted by Crippen LogP contribution is -2.23. The number of hydrogen-bond donors (Lipinski definition) is 2. The molecular formula is C9H7BrN6O3. The Balaban J connectivity index is 2.11. The SMILES string of the molecule is O=C(NCc1nn[nH]n1)c1ccc(Br)c([N+](=O)[O-])c1. The molecule has 19 heavy (non-hydrogen) atoms. The van der Waals surface area contributed by atoms with Crippen molar-refractivity contribution in [2.75, 3.05) is 0 Å². The molecule has 0 aliphatic carbocycles. The Labute approximate surface area is 114 Å². The summed E-state index contributed by atoms with van der Waals surface area (Å²) in [6, 6.07) is 4.11. The third-order valence-electron chi connectivity index (χ3n) is 2.20. The van der Waals surface area contributed by atoms with Crippen LogP contribution in [-0.4, -0.2) is 31.5 Å². The highest BCUT2D eigenvalue weighted by Crippen LogP contribution is 2.25. The average Bonchev–Trinajstić information content (AvgIpc) is 2.89. The molecular weight excluding hydrogens is 320 g/mol. The van der Waals surface area contributed by atoms with Crippen molar-refractivity contribution in [2.24, 2.45) is 0 Å². The predicted molar refractivity (Wildman–Crippen MR) is 66.1 cm³/mol. The molecule has 1 heterocycles. The summed E-state index contributed by atoms with van der Waals surface area (Å²) in [5.74, 6) is -0.139. The summed E-state index contributed by atoms with van der Waals surface area (Å²) in [6.45, 7) is 0.0825. The maximum atomic E-state index is 11.8. The van der Waals surface area contributed by atoms with Crippen LogP contribution in [0.2, 0.25) is 0 Å². The number of hydrogen-bond acceptors (Lipinski definition) is 6. The van der Waals surface area contributed by atoms with Crippen LogP contribution in [0.4, 0.5) is 5.69 Å². The summed E-state index contributed by atoms with van der Waals surface area (Å²) < 4.78 is 0.312. The van der Waals surface area contributed by atoms with E-state index >= 15 is 0 Å². The molecule has 0 fully saturated rings. The Morgan fingerprint density at radius 2 is 2.32 bits per heavy atom. The highest BCUT2D eigenvalue weighted by Gasteiger charge is 2.16. The molecule has 0 bridgehead atoms. The molecule has 2 rings (SSSR count). The van der Waals surface area contributed by atoms with E-state index in [2.05, 4.69) is 41.9 Å². The van der Waals surface area contributed by atoms with E-state index in [-0.39, 0.29) is 17.8 Å². The van der Waals surface area contributed by atoms with Crippen LogP contribution in [0.1, 0.15) is 16.2 Å². The number of carbonyl (C=O) groups excluding carboxylic acids is 1. The monoisotopic (exact) mass is 326 g/mol. The number of carbonyl (C=O) groups is 1. The number of nitro groups is 1. The maximum absolute atomic E-state index is 11.8. The van der Waals surface area contributed by atoms with Crippen molar-refractivity contribution in [1.29, 1.82) is 0 Å². The number of benzene rings is 1. The molecule has 1 aromatic heterocycles. The molecule has 2 aromatic rings. The average molecular weight is 327 g/mol. The number of aromatic nitrogens is 4. The highest BCUT2D eigenvalue weighted by molar-refractivity contribution is 9.10. The molecule has 0 aliphatic heterocycles. The number of nitrogens with zero attached hydrogens (tertiary/aromatic N) is 4. The van der Waals surface area contributed by atoms with Crippen LogP contribution >= 0.6 is 15.9 Å². The largest absolute Gasteiger partial charge is 0.345 e. The van der Waals surface area contributed by atoms with Gasteiger partial charge in [0.05, 0.1) is 15.9 Å². The Hall–Kier alpha value is -2.36. The lowest BCUT2D eigenvalue weighted by molar-refractivity contribution is -0.385. The molecule has 1 aromatic carbocycles. The van der Waals surface area contributed by atoms with E-state index in [1.54, 1.807) is 0 Å². The van der Waals surface area contributed by atoms with Gasteiger partial charge in [0, 0.05) is 11.6 Å². The van der Waals surface area contributed by atoms with Gasteiger partial charge >= 0.3 is 0 Å². The molecule has 0 aliphatic rings. The standard InChI is InChI=1S/C9H7BrN6O3/c10-6-2-1-5(3-7(6)16(18)19)9(17)11-4-8-12-14-15-13-8/h1-3H,4H2,(H,11,17)(H,12,13,14,15). The van der Waals surface area contributed by atoms with Crippen molar-refractivity contribution in [1.82, 2.24) is 25.9 Å². The van der Waals surface area contributed by atoms with E-state index in [0.29, 0.717) is 10.3 Å². The van der Waals surface area contributed by atoms with Crippen LogP contribution in [0, 0.1) is 10.1 Å². The Kier molecular flexibility index (Phi) is 3.80. The van der Waals surface area contributed by atoms with Gasteiger partial charge in [0.2, 0.25) is 0 Å². The van der Waals surface area contributed by atoms with Gasteiger partial charge in [0.1, 0.15) is 0 Å². The third-order valence-corrected chi connectivity index (χ3v) is 2.87. The Morgan fingerprint density at radius 3 is 2.95 bits per heavy atom. The minimum absolute atomic E-state index is 0.0825. The summed E-state index contributed by atoms with van der Waals surface area (Å²) in [7, 11) is 0. The fourth-order valence-corrected chi connectivity index (χ4v) is 1.70. The smallest absolute Gasteiger partial charge is 0.284 e. The molecule has 0 atom stereocenters. The van der Waals surface area contributed by atoms with Gasteiger partial charge in [-0.25, -0.2) is 0 Å². The first-order chi connectivity index (χ1) is 9.08. The molecule has 98 valence electrons. The number of nitro benzene ring substituents is 1. The van der Waals surface area contributed by atoms with Gasteiger partial charge in [-0.1, -0.05) is 5.21 Å². The van der Waals surface area contributed by atoms with Crippen molar-refractivity contribution in [2.45, 2.75) is 6.54 Å². The van der Waals surface area contributed by atoms with Gasteiger partial charge < -0.3 is 5.32 Å². The maximum Gasteiger partial charge on any atom is 0.284 e. The fraction of sp³-hybridized carbons (Fsp3) is 0.111. The summed E-state index contributed by atoms with van der Waals surface area (Å²) in [6.07, 6.45) is 0. The van der Waals surface area contributed by atoms with E-state index in [0.717, 1.165) is 0 Å². The zero-order chi connectivity index (χ0) is 13.8. The van der Waals surface area contributed by atoms with Crippen molar-refractivity contribution >= 4 is 27.5 Å². The molecule has 2 N–H and O–H groups in total. The van der Waals surface area contributed by atoms with Crippen LogP contribution in [0.25, 0.3) is 0 Å². The van der Waals surface area contributed by atoms with Gasteiger partial charge in [-0.05, 0) is 28.1 Å². The Morgan fingerprint density at radius 1 is 1.53 bits per heavy atom. The first-order valence-corrected chi connectivity index (χ1v) is 5.81. The van der Waals surface area contributed by atoms with Crippen LogP contribution < -0.4 is 5.32 Å². The highest BCUT2D eigenvalue weighted by atomic mass is 79.9. The van der Waals surface area contributed by atoms with Crippen molar-refractivity contribution in [3.63, 3.8) is 0 Å². The number of nitrogens with one attached hydrogen (secondary N) is 2. The van der Waals surface area contributed by atoms with E-state index in [4.69, 9.17) is 0 Å². The van der Waals surface area contributed by atoms with Crippen molar-refractivity contribution in [3.8, 4) is 0 Å². The van der Waals surface area contributed by atoms with Gasteiger partial charge in [0.15, 0.2) is 5.82 Å². The van der Waals surface area contributed by atoms with E-state index in [1.165, 1.54) is 18.2 Å². The minimum Gasteiger partial charge on any atom is -0.345 e. The molecule has 9 nitrogen and oxygen atoms in total. The van der Waals surface area contributed by atoms with Gasteiger partial charge in [-0.3, -0.25) is 14.9 Å². The number of amides is 1. The lowest BCUT2D eigenvalue weighted by atomic mass is 10.2. The number of halogens is 1. The zero-order valence-electron chi connectivity index (χ0n) is 9.33. The van der Waals surface area contributed by atoms with Crippen LogP contribution in [-0.2, 0) is 6.54 Å². The predicted octanol–water partition coefficient (Wildman–Crippen LogP) is 0.800. The molecule has 0 saturated carbocycles.